The summed E-state index contributed by atoms with van der Waals surface area (Å²) in [6.45, 7) is 1.11. The van der Waals surface area contributed by atoms with Crippen molar-refractivity contribution in [2.75, 3.05) is 20.2 Å². The number of halogens is 3. The van der Waals surface area contributed by atoms with Gasteiger partial charge in [0, 0.05) is 18.7 Å². The molecule has 1 amide bonds. The lowest BCUT2D eigenvalue weighted by atomic mass is 9.90. The van der Waals surface area contributed by atoms with Gasteiger partial charge in [0.05, 0.1) is 30.1 Å². The summed E-state index contributed by atoms with van der Waals surface area (Å²) in [5.41, 5.74) is 9.30. The van der Waals surface area contributed by atoms with Crippen LogP contribution >= 0.6 is 0 Å². The maximum Gasteiger partial charge on any atom is 0.490 e. The molecule has 3 aromatic rings. The van der Waals surface area contributed by atoms with Crippen molar-refractivity contribution >= 4 is 11.9 Å². The Morgan fingerprint density at radius 3 is 2.32 bits per heavy atom. The Labute approximate surface area is 193 Å². The van der Waals surface area contributed by atoms with E-state index in [9.17, 15) is 18.0 Å². The highest BCUT2D eigenvalue weighted by atomic mass is 19.4. The minimum atomic E-state index is -5.08. The molecule has 1 unspecified atom stereocenters. The SMILES string of the molecule is COc1ccc(-c2[nH]ncc2C(=O)N2CCC(N)(c3ccccc3)C2)cc1.O=C(O)C(F)(F)F. The van der Waals surface area contributed by atoms with Gasteiger partial charge >= 0.3 is 12.1 Å². The Morgan fingerprint density at radius 1 is 1.15 bits per heavy atom. The van der Waals surface area contributed by atoms with Crippen LogP contribution in [0.1, 0.15) is 22.3 Å². The molecule has 0 aliphatic carbocycles. The first-order chi connectivity index (χ1) is 16.0. The van der Waals surface area contributed by atoms with E-state index in [0.717, 1.165) is 23.3 Å². The molecule has 2 aromatic carbocycles. The number of benzene rings is 2. The Hall–Kier alpha value is -3.86. The van der Waals surface area contributed by atoms with Gasteiger partial charge in [0.2, 0.25) is 0 Å². The van der Waals surface area contributed by atoms with Gasteiger partial charge in [0.1, 0.15) is 5.75 Å². The monoisotopic (exact) mass is 476 g/mol. The maximum absolute atomic E-state index is 13.1. The fraction of sp³-hybridized carbons (Fsp3) is 0.261. The number of carbonyl (C=O) groups is 2. The summed E-state index contributed by atoms with van der Waals surface area (Å²) in [5.74, 6) is -2.05. The molecule has 34 heavy (non-hydrogen) atoms. The summed E-state index contributed by atoms with van der Waals surface area (Å²) in [5, 5.41) is 14.2. The second-order valence-electron chi connectivity index (χ2n) is 7.69. The third-order valence-corrected chi connectivity index (χ3v) is 5.43. The molecule has 1 atom stereocenters. The zero-order valence-corrected chi connectivity index (χ0v) is 18.2. The lowest BCUT2D eigenvalue weighted by molar-refractivity contribution is -0.192. The number of ether oxygens (including phenoxy) is 1. The van der Waals surface area contributed by atoms with E-state index < -0.39 is 17.7 Å². The number of methoxy groups -OCH3 is 1. The number of aromatic amines is 1. The van der Waals surface area contributed by atoms with E-state index in [1.165, 1.54) is 0 Å². The molecule has 0 spiro atoms. The van der Waals surface area contributed by atoms with E-state index in [2.05, 4.69) is 10.2 Å². The van der Waals surface area contributed by atoms with Crippen molar-refractivity contribution in [2.24, 2.45) is 5.73 Å². The third kappa shape index (κ3) is 5.54. The number of rotatable bonds is 4. The lowest BCUT2D eigenvalue weighted by Crippen LogP contribution is -2.41. The average molecular weight is 476 g/mol. The standard InChI is InChI=1S/C21H22N4O2.C2HF3O2/c1-27-17-9-7-15(8-10-17)19-18(13-23-24-19)20(26)25-12-11-21(22,14-25)16-5-3-2-4-6-16;3-2(4,5)1(6)7/h2-10,13H,11-12,14,22H2,1H3,(H,23,24);(H,6,7). The molecule has 0 saturated carbocycles. The van der Waals surface area contributed by atoms with Crippen LogP contribution in [0.4, 0.5) is 13.2 Å². The quantitative estimate of drug-likeness (QED) is 0.531. The summed E-state index contributed by atoms with van der Waals surface area (Å²) in [7, 11) is 1.62. The van der Waals surface area contributed by atoms with Crippen molar-refractivity contribution in [3.8, 4) is 17.0 Å². The van der Waals surface area contributed by atoms with Gasteiger partial charge in [0.15, 0.2) is 0 Å². The molecular formula is C23H23F3N4O4. The number of nitrogens with zero attached hydrogens (tertiary/aromatic N) is 2. The highest BCUT2D eigenvalue weighted by Crippen LogP contribution is 2.32. The molecule has 1 saturated heterocycles. The topological polar surface area (TPSA) is 122 Å². The number of likely N-dealkylation sites (tertiary alicyclic amines) is 1. The smallest absolute Gasteiger partial charge is 0.490 e. The van der Waals surface area contributed by atoms with E-state index >= 15 is 0 Å². The number of amides is 1. The van der Waals surface area contributed by atoms with E-state index in [-0.39, 0.29) is 5.91 Å². The van der Waals surface area contributed by atoms with Gasteiger partial charge in [-0.1, -0.05) is 30.3 Å². The first-order valence-electron chi connectivity index (χ1n) is 10.2. The van der Waals surface area contributed by atoms with E-state index in [1.54, 1.807) is 13.3 Å². The van der Waals surface area contributed by atoms with Crippen molar-refractivity contribution < 1.29 is 32.6 Å². The van der Waals surface area contributed by atoms with Crippen LogP contribution in [0.5, 0.6) is 5.75 Å². The molecular weight excluding hydrogens is 453 g/mol. The van der Waals surface area contributed by atoms with Crippen LogP contribution in [0.25, 0.3) is 11.3 Å². The fourth-order valence-electron chi connectivity index (χ4n) is 3.61. The number of aromatic nitrogens is 2. The number of carbonyl (C=O) groups excluding carboxylic acids is 1. The predicted molar refractivity (Wildman–Crippen MR) is 117 cm³/mol. The van der Waals surface area contributed by atoms with E-state index in [4.69, 9.17) is 20.4 Å². The van der Waals surface area contributed by atoms with Crippen molar-refractivity contribution in [3.63, 3.8) is 0 Å². The molecule has 11 heteroatoms. The number of nitrogens with two attached hydrogens (primary N) is 1. The second-order valence-corrected chi connectivity index (χ2v) is 7.69. The molecule has 1 aliphatic rings. The normalized spacial score (nSPS) is 17.6. The third-order valence-electron chi connectivity index (χ3n) is 5.43. The zero-order chi connectivity index (χ0) is 24.9. The molecule has 1 fully saturated rings. The van der Waals surface area contributed by atoms with Crippen molar-refractivity contribution in [3.05, 3.63) is 71.9 Å². The van der Waals surface area contributed by atoms with Gasteiger partial charge < -0.3 is 20.5 Å². The summed E-state index contributed by atoms with van der Waals surface area (Å²) in [6, 6.07) is 17.5. The highest BCUT2D eigenvalue weighted by Gasteiger charge is 2.39. The van der Waals surface area contributed by atoms with Crippen molar-refractivity contribution in [2.45, 2.75) is 18.1 Å². The number of hydrogen-bond acceptors (Lipinski definition) is 5. The maximum atomic E-state index is 13.1. The second kappa shape index (κ2) is 9.96. The summed E-state index contributed by atoms with van der Waals surface area (Å²) < 4.78 is 36.9. The van der Waals surface area contributed by atoms with Crippen molar-refractivity contribution in [1.82, 2.24) is 15.1 Å². The summed E-state index contributed by atoms with van der Waals surface area (Å²) in [6.07, 6.45) is -2.76. The van der Waals surface area contributed by atoms with Gasteiger partial charge in [-0.2, -0.15) is 18.3 Å². The number of carboxylic acids is 1. The molecule has 4 N–H and O–H groups in total. The molecule has 180 valence electrons. The van der Waals surface area contributed by atoms with Gasteiger partial charge in [-0.05, 0) is 36.2 Å². The Balaban J connectivity index is 0.000000406. The van der Waals surface area contributed by atoms with Gasteiger partial charge in [0.25, 0.3) is 5.91 Å². The highest BCUT2D eigenvalue weighted by molar-refractivity contribution is 6.00. The first kappa shape index (κ1) is 24.8. The number of nitrogens with one attached hydrogen (secondary N) is 1. The lowest BCUT2D eigenvalue weighted by Gasteiger charge is -2.25. The van der Waals surface area contributed by atoms with Crippen LogP contribution < -0.4 is 10.5 Å². The summed E-state index contributed by atoms with van der Waals surface area (Å²) >= 11 is 0. The molecule has 1 aliphatic heterocycles. The zero-order valence-electron chi connectivity index (χ0n) is 18.2. The number of H-pyrrole nitrogens is 1. The van der Waals surface area contributed by atoms with Crippen LogP contribution in [0.3, 0.4) is 0 Å². The number of aliphatic carboxylic acids is 1. The molecule has 2 heterocycles. The van der Waals surface area contributed by atoms with Gasteiger partial charge in [-0.25, -0.2) is 4.79 Å². The number of carboxylic acid groups (broad SMARTS) is 1. The predicted octanol–water partition coefficient (Wildman–Crippen LogP) is 3.42. The summed E-state index contributed by atoms with van der Waals surface area (Å²) in [4.78, 5) is 23.8. The molecule has 8 nitrogen and oxygen atoms in total. The number of hydrogen-bond donors (Lipinski definition) is 3. The molecule has 0 bridgehead atoms. The Morgan fingerprint density at radius 2 is 1.76 bits per heavy atom. The van der Waals surface area contributed by atoms with Crippen LogP contribution in [0.15, 0.2) is 60.8 Å². The average Bonchev–Trinajstić information content (AvgIpc) is 3.47. The van der Waals surface area contributed by atoms with Crippen LogP contribution in [-0.2, 0) is 10.3 Å². The Kier molecular flexibility index (Phi) is 7.26. The van der Waals surface area contributed by atoms with Gasteiger partial charge in [-0.15, -0.1) is 0 Å². The molecule has 1 aromatic heterocycles. The van der Waals surface area contributed by atoms with Crippen LogP contribution in [-0.4, -0.2) is 58.5 Å². The van der Waals surface area contributed by atoms with Gasteiger partial charge in [-0.3, -0.25) is 9.89 Å². The van der Waals surface area contributed by atoms with E-state index in [1.807, 2.05) is 59.5 Å². The van der Waals surface area contributed by atoms with Crippen LogP contribution in [0.2, 0.25) is 0 Å². The minimum Gasteiger partial charge on any atom is -0.497 e. The molecule has 4 rings (SSSR count). The first-order valence-corrected chi connectivity index (χ1v) is 10.2. The molecule has 0 radical (unpaired) electrons. The Bertz CT molecular complexity index is 1130. The van der Waals surface area contributed by atoms with Crippen molar-refractivity contribution in [1.29, 1.82) is 0 Å². The fourth-order valence-corrected chi connectivity index (χ4v) is 3.61. The largest absolute Gasteiger partial charge is 0.497 e. The van der Waals surface area contributed by atoms with E-state index in [0.29, 0.717) is 24.3 Å². The minimum absolute atomic E-state index is 0.0576. The number of alkyl halides is 3. The van der Waals surface area contributed by atoms with Crippen LogP contribution in [0, 0.1) is 0 Å².